The van der Waals surface area contributed by atoms with Gasteiger partial charge in [0.1, 0.15) is 0 Å². The summed E-state index contributed by atoms with van der Waals surface area (Å²) in [4.78, 5) is 11.5. The molecule has 1 aromatic carbocycles. The van der Waals surface area contributed by atoms with E-state index in [9.17, 15) is 9.90 Å². The SMILES string of the molecule is CCc1c(OC)c(OC)c(OC)c(OC)c1C(OC)=C(OC)C(=O)O. The Balaban J connectivity index is 4.12. The second kappa shape index (κ2) is 8.91. The number of rotatable bonds is 9. The van der Waals surface area contributed by atoms with Gasteiger partial charge < -0.3 is 33.5 Å². The van der Waals surface area contributed by atoms with E-state index in [1.54, 1.807) is 0 Å². The fourth-order valence-corrected chi connectivity index (χ4v) is 2.65. The van der Waals surface area contributed by atoms with E-state index in [1.165, 1.54) is 42.7 Å². The molecule has 0 saturated heterocycles. The lowest BCUT2D eigenvalue weighted by atomic mass is 9.98. The van der Waals surface area contributed by atoms with Gasteiger partial charge in [0.2, 0.25) is 17.3 Å². The molecule has 0 heterocycles. The molecular weight excluding hydrogens is 332 g/mol. The van der Waals surface area contributed by atoms with Gasteiger partial charge in [0.15, 0.2) is 17.3 Å². The van der Waals surface area contributed by atoms with E-state index in [2.05, 4.69) is 0 Å². The van der Waals surface area contributed by atoms with Crippen molar-refractivity contribution in [1.82, 2.24) is 0 Å². The minimum Gasteiger partial charge on any atom is -0.492 e. The van der Waals surface area contributed by atoms with E-state index < -0.39 is 5.97 Å². The van der Waals surface area contributed by atoms with Crippen LogP contribution < -0.4 is 18.9 Å². The molecule has 0 bridgehead atoms. The van der Waals surface area contributed by atoms with Crippen LogP contribution in [0.4, 0.5) is 0 Å². The zero-order valence-electron chi connectivity index (χ0n) is 15.5. The van der Waals surface area contributed by atoms with E-state index in [1.807, 2.05) is 6.92 Å². The highest BCUT2D eigenvalue weighted by Gasteiger charge is 2.32. The van der Waals surface area contributed by atoms with E-state index in [4.69, 9.17) is 28.4 Å². The number of methoxy groups -OCH3 is 6. The van der Waals surface area contributed by atoms with E-state index in [0.717, 1.165) is 0 Å². The normalized spacial score (nSPS) is 11.3. The van der Waals surface area contributed by atoms with Gasteiger partial charge in [-0.1, -0.05) is 6.92 Å². The van der Waals surface area contributed by atoms with Crippen LogP contribution in [0, 0.1) is 0 Å². The van der Waals surface area contributed by atoms with Crippen LogP contribution in [0.25, 0.3) is 5.76 Å². The van der Waals surface area contributed by atoms with E-state index in [-0.39, 0.29) is 23.0 Å². The molecule has 0 radical (unpaired) electrons. The Kier molecular flexibility index (Phi) is 7.22. The minimum absolute atomic E-state index is 0.0112. The standard InChI is InChI=1S/C17H24O8/c1-8-9-10(13(22-4)16(25-7)17(18)19)12(21-3)15(24-6)14(23-5)11(9)20-2/h8H2,1-7H3,(H,18,19). The van der Waals surface area contributed by atoms with Gasteiger partial charge in [0.25, 0.3) is 0 Å². The second-order valence-corrected chi connectivity index (χ2v) is 4.71. The van der Waals surface area contributed by atoms with E-state index in [0.29, 0.717) is 29.0 Å². The Morgan fingerprint density at radius 2 is 1.28 bits per heavy atom. The molecule has 0 spiro atoms. The number of carbonyl (C=O) groups is 1. The largest absolute Gasteiger partial charge is 0.492 e. The van der Waals surface area contributed by atoms with Gasteiger partial charge in [-0.3, -0.25) is 0 Å². The molecule has 0 aliphatic carbocycles. The summed E-state index contributed by atoms with van der Waals surface area (Å²) in [6.07, 6.45) is 0.485. The smallest absolute Gasteiger partial charge is 0.375 e. The van der Waals surface area contributed by atoms with E-state index >= 15 is 0 Å². The predicted molar refractivity (Wildman–Crippen MR) is 90.6 cm³/mol. The van der Waals surface area contributed by atoms with Crippen LogP contribution in [0.2, 0.25) is 0 Å². The van der Waals surface area contributed by atoms with Crippen molar-refractivity contribution in [2.75, 3.05) is 42.7 Å². The van der Waals surface area contributed by atoms with Crippen molar-refractivity contribution >= 4 is 11.7 Å². The summed E-state index contributed by atoms with van der Waals surface area (Å²) in [5.41, 5.74) is 0.992. The van der Waals surface area contributed by atoms with Crippen molar-refractivity contribution in [2.24, 2.45) is 0 Å². The molecule has 0 fully saturated rings. The van der Waals surface area contributed by atoms with Crippen molar-refractivity contribution < 1.29 is 38.3 Å². The van der Waals surface area contributed by atoms with Crippen molar-refractivity contribution in [2.45, 2.75) is 13.3 Å². The summed E-state index contributed by atoms with van der Waals surface area (Å²) in [6.45, 7) is 1.88. The summed E-state index contributed by atoms with van der Waals surface area (Å²) in [7, 11) is 8.44. The van der Waals surface area contributed by atoms with Gasteiger partial charge in [-0.2, -0.15) is 0 Å². The molecule has 1 N–H and O–H groups in total. The highest BCUT2D eigenvalue weighted by molar-refractivity contribution is 5.95. The zero-order chi connectivity index (χ0) is 19.1. The average Bonchev–Trinajstić information content (AvgIpc) is 2.62. The molecule has 140 valence electrons. The van der Waals surface area contributed by atoms with Crippen LogP contribution in [0.1, 0.15) is 18.1 Å². The molecule has 8 heteroatoms. The Hall–Kier alpha value is -2.77. The lowest BCUT2D eigenvalue weighted by Gasteiger charge is -2.23. The molecule has 1 rings (SSSR count). The maximum Gasteiger partial charge on any atom is 0.375 e. The fraction of sp³-hybridized carbons (Fsp3) is 0.471. The number of ether oxygens (including phenoxy) is 6. The van der Waals surface area contributed by atoms with Crippen LogP contribution in [0.5, 0.6) is 23.0 Å². The molecule has 0 unspecified atom stereocenters. The third-order valence-electron chi connectivity index (χ3n) is 3.63. The molecular formula is C17H24O8. The first-order valence-corrected chi connectivity index (χ1v) is 7.41. The maximum absolute atomic E-state index is 11.5. The maximum atomic E-state index is 11.5. The lowest BCUT2D eigenvalue weighted by Crippen LogP contribution is -2.12. The Morgan fingerprint density at radius 3 is 1.60 bits per heavy atom. The monoisotopic (exact) mass is 356 g/mol. The van der Waals surface area contributed by atoms with Crippen molar-refractivity contribution in [3.8, 4) is 23.0 Å². The molecule has 0 aliphatic heterocycles. The highest BCUT2D eigenvalue weighted by atomic mass is 16.5. The molecule has 0 amide bonds. The number of carboxylic acids is 1. The van der Waals surface area contributed by atoms with Crippen LogP contribution in [-0.4, -0.2) is 53.7 Å². The Labute approximate surface area is 146 Å². The second-order valence-electron chi connectivity index (χ2n) is 4.71. The number of benzene rings is 1. The number of hydrogen-bond acceptors (Lipinski definition) is 7. The zero-order valence-corrected chi connectivity index (χ0v) is 15.5. The summed E-state index contributed by atoms with van der Waals surface area (Å²) in [6, 6.07) is 0. The van der Waals surface area contributed by atoms with Crippen molar-refractivity contribution in [1.29, 1.82) is 0 Å². The molecule has 0 aliphatic rings. The third kappa shape index (κ3) is 3.52. The van der Waals surface area contributed by atoms with Crippen molar-refractivity contribution in [3.63, 3.8) is 0 Å². The molecule has 1 aromatic rings. The minimum atomic E-state index is -1.28. The van der Waals surface area contributed by atoms with Crippen LogP contribution in [-0.2, 0) is 20.7 Å². The van der Waals surface area contributed by atoms with Gasteiger partial charge in [-0.15, -0.1) is 0 Å². The first-order valence-electron chi connectivity index (χ1n) is 7.41. The quantitative estimate of drug-likeness (QED) is 0.532. The van der Waals surface area contributed by atoms with Crippen molar-refractivity contribution in [3.05, 3.63) is 16.9 Å². The molecule has 8 nitrogen and oxygen atoms in total. The molecule has 25 heavy (non-hydrogen) atoms. The third-order valence-corrected chi connectivity index (χ3v) is 3.63. The first kappa shape index (κ1) is 20.3. The van der Waals surface area contributed by atoms with Crippen LogP contribution in [0.15, 0.2) is 5.76 Å². The van der Waals surface area contributed by atoms with Gasteiger partial charge in [-0.05, 0) is 6.42 Å². The summed E-state index contributed by atoms with van der Waals surface area (Å²) in [5, 5.41) is 9.43. The number of aliphatic carboxylic acids is 1. The fourth-order valence-electron chi connectivity index (χ4n) is 2.65. The molecule has 0 atom stereocenters. The van der Waals surface area contributed by atoms with Gasteiger partial charge >= 0.3 is 5.97 Å². The number of hydrogen-bond donors (Lipinski definition) is 1. The van der Waals surface area contributed by atoms with Crippen LogP contribution in [0.3, 0.4) is 0 Å². The summed E-state index contributed by atoms with van der Waals surface area (Å²) in [5.74, 6) is -0.417. The van der Waals surface area contributed by atoms with Gasteiger partial charge in [0.05, 0.1) is 48.2 Å². The predicted octanol–water partition coefficient (Wildman–Crippen LogP) is 2.33. The topological polar surface area (TPSA) is 92.7 Å². The summed E-state index contributed by atoms with van der Waals surface area (Å²) >= 11 is 0. The molecule has 0 aromatic heterocycles. The van der Waals surface area contributed by atoms with Crippen LogP contribution >= 0.6 is 0 Å². The highest BCUT2D eigenvalue weighted by Crippen LogP contribution is 2.52. The first-order chi connectivity index (χ1) is 12.0. The average molecular weight is 356 g/mol. The summed E-state index contributed by atoms with van der Waals surface area (Å²) < 4.78 is 32.2. The Morgan fingerprint density at radius 1 is 0.800 bits per heavy atom. The van der Waals surface area contributed by atoms with Gasteiger partial charge in [-0.25, -0.2) is 4.79 Å². The van der Waals surface area contributed by atoms with Gasteiger partial charge in [0, 0.05) is 5.56 Å². The number of carboxylic acid groups (broad SMARTS) is 1. The Bertz CT molecular complexity index is 630. The lowest BCUT2D eigenvalue weighted by molar-refractivity contribution is -0.136. The molecule has 0 saturated carbocycles.